The zero-order valence-corrected chi connectivity index (χ0v) is 10.8. The number of aliphatic carboxylic acids is 1. The summed E-state index contributed by atoms with van der Waals surface area (Å²) >= 11 is 0. The number of benzene rings is 1. The number of carbonyl (C=O) groups is 3. The van der Waals surface area contributed by atoms with Gasteiger partial charge in [-0.2, -0.15) is 0 Å². The molecule has 1 aliphatic heterocycles. The van der Waals surface area contributed by atoms with Gasteiger partial charge in [0.25, 0.3) is 0 Å². The second-order valence-corrected chi connectivity index (χ2v) is 4.64. The number of hydrogen-bond donors (Lipinski definition) is 1. The first-order valence-corrected chi connectivity index (χ1v) is 6.12. The predicted molar refractivity (Wildman–Crippen MR) is 69.3 cm³/mol. The van der Waals surface area contributed by atoms with E-state index < -0.39 is 17.7 Å². The molecular weight excluding hydrogens is 246 g/mol. The summed E-state index contributed by atoms with van der Waals surface area (Å²) in [5, 5.41) is 9.00. The molecule has 100 valence electrons. The molecule has 5 nitrogen and oxygen atoms in total. The fourth-order valence-electron chi connectivity index (χ4n) is 2.30. The van der Waals surface area contributed by atoms with Crippen molar-refractivity contribution < 1.29 is 19.5 Å². The Labute approximate surface area is 110 Å². The molecule has 1 aliphatic rings. The van der Waals surface area contributed by atoms with Gasteiger partial charge in [-0.15, -0.1) is 0 Å². The Balaban J connectivity index is 2.34. The smallest absolute Gasteiger partial charge is 0.314 e. The van der Waals surface area contributed by atoms with Crippen LogP contribution in [0.25, 0.3) is 0 Å². The standard InChI is InChI=1S/C14H15NO4/c1-3-10(14(18)19)13(17)8-4-5-11-9(6-8)7-12(16)15(11)2/h4-6,10H,3,7H2,1-2H3,(H,18,19). The number of carboxylic acids is 1. The van der Waals surface area contributed by atoms with Crippen LogP contribution in [0, 0.1) is 5.92 Å². The number of carbonyl (C=O) groups excluding carboxylic acids is 2. The Kier molecular flexibility index (Phi) is 3.38. The third-order valence-electron chi connectivity index (χ3n) is 3.46. The van der Waals surface area contributed by atoms with E-state index in [-0.39, 0.29) is 18.7 Å². The van der Waals surface area contributed by atoms with Crippen molar-refractivity contribution in [3.8, 4) is 0 Å². The largest absolute Gasteiger partial charge is 0.481 e. The van der Waals surface area contributed by atoms with Gasteiger partial charge in [-0.25, -0.2) is 0 Å². The van der Waals surface area contributed by atoms with Crippen LogP contribution in [0.15, 0.2) is 18.2 Å². The van der Waals surface area contributed by atoms with Gasteiger partial charge in [0.2, 0.25) is 5.91 Å². The van der Waals surface area contributed by atoms with Crippen molar-refractivity contribution in [2.75, 3.05) is 11.9 Å². The molecular formula is C14H15NO4. The molecule has 1 heterocycles. The average molecular weight is 261 g/mol. The molecule has 1 aromatic carbocycles. The summed E-state index contributed by atoms with van der Waals surface area (Å²) in [6.07, 6.45) is 0.515. The number of likely N-dealkylation sites (N-methyl/N-ethyl adjacent to an activating group) is 1. The van der Waals surface area contributed by atoms with Crippen molar-refractivity contribution in [2.24, 2.45) is 5.92 Å². The molecule has 1 aromatic rings. The molecule has 1 amide bonds. The Bertz CT molecular complexity index is 565. The molecule has 1 N–H and O–H groups in total. The number of amides is 1. The van der Waals surface area contributed by atoms with Crippen molar-refractivity contribution >= 4 is 23.3 Å². The van der Waals surface area contributed by atoms with Crippen LogP contribution in [0.2, 0.25) is 0 Å². The zero-order chi connectivity index (χ0) is 14.2. The minimum Gasteiger partial charge on any atom is -0.481 e. The molecule has 5 heteroatoms. The molecule has 1 atom stereocenters. The van der Waals surface area contributed by atoms with E-state index in [2.05, 4.69) is 0 Å². The maximum atomic E-state index is 12.1. The summed E-state index contributed by atoms with van der Waals surface area (Å²) in [6, 6.07) is 4.91. The van der Waals surface area contributed by atoms with Crippen LogP contribution >= 0.6 is 0 Å². The predicted octanol–water partition coefficient (Wildman–Crippen LogP) is 1.50. The van der Waals surface area contributed by atoms with E-state index in [0.717, 1.165) is 11.3 Å². The van der Waals surface area contributed by atoms with Gasteiger partial charge >= 0.3 is 5.97 Å². The third-order valence-corrected chi connectivity index (χ3v) is 3.46. The highest BCUT2D eigenvalue weighted by Crippen LogP contribution is 2.29. The normalized spacial score (nSPS) is 15.3. The number of Topliss-reactive ketones (excluding diaryl/α,β-unsaturated/α-hetero) is 1. The summed E-state index contributed by atoms with van der Waals surface area (Å²) in [7, 11) is 1.68. The second-order valence-electron chi connectivity index (χ2n) is 4.64. The third kappa shape index (κ3) is 2.23. The number of rotatable bonds is 4. The molecule has 0 radical (unpaired) electrons. The summed E-state index contributed by atoms with van der Waals surface area (Å²) < 4.78 is 0. The van der Waals surface area contributed by atoms with E-state index in [4.69, 9.17) is 5.11 Å². The van der Waals surface area contributed by atoms with Gasteiger partial charge < -0.3 is 10.0 Å². The molecule has 0 saturated heterocycles. The van der Waals surface area contributed by atoms with Gasteiger partial charge in [-0.1, -0.05) is 6.92 Å². The molecule has 0 fully saturated rings. The molecule has 19 heavy (non-hydrogen) atoms. The summed E-state index contributed by atoms with van der Waals surface area (Å²) in [5.74, 6) is -2.56. The summed E-state index contributed by atoms with van der Waals surface area (Å²) in [6.45, 7) is 1.67. The molecule has 1 unspecified atom stereocenters. The number of nitrogens with zero attached hydrogens (tertiary/aromatic N) is 1. The van der Waals surface area contributed by atoms with Crippen LogP contribution in [0.3, 0.4) is 0 Å². The number of anilines is 1. The van der Waals surface area contributed by atoms with E-state index >= 15 is 0 Å². The van der Waals surface area contributed by atoms with E-state index in [1.54, 1.807) is 32.2 Å². The van der Waals surface area contributed by atoms with E-state index in [0.29, 0.717) is 5.56 Å². The van der Waals surface area contributed by atoms with E-state index in [1.807, 2.05) is 0 Å². The van der Waals surface area contributed by atoms with Crippen molar-refractivity contribution in [1.29, 1.82) is 0 Å². The van der Waals surface area contributed by atoms with Crippen LogP contribution in [0.5, 0.6) is 0 Å². The number of fused-ring (bicyclic) bond motifs is 1. The minimum absolute atomic E-state index is 0.0233. The van der Waals surface area contributed by atoms with Crippen molar-refractivity contribution in [3.05, 3.63) is 29.3 Å². The van der Waals surface area contributed by atoms with Gasteiger partial charge in [0.15, 0.2) is 5.78 Å². The Morgan fingerprint density at radius 3 is 2.68 bits per heavy atom. The Morgan fingerprint density at radius 2 is 2.11 bits per heavy atom. The number of ketones is 1. The molecule has 0 saturated carbocycles. The van der Waals surface area contributed by atoms with E-state index in [1.165, 1.54) is 4.90 Å². The highest BCUT2D eigenvalue weighted by Gasteiger charge is 2.28. The SMILES string of the molecule is CCC(C(=O)O)C(=O)c1ccc2c(c1)CC(=O)N2C. The lowest BCUT2D eigenvalue weighted by Gasteiger charge is -2.12. The fourth-order valence-corrected chi connectivity index (χ4v) is 2.30. The van der Waals surface area contributed by atoms with Crippen LogP contribution in [-0.2, 0) is 16.0 Å². The van der Waals surface area contributed by atoms with Crippen molar-refractivity contribution in [3.63, 3.8) is 0 Å². The summed E-state index contributed by atoms with van der Waals surface area (Å²) in [5.41, 5.74) is 1.92. The van der Waals surface area contributed by atoms with Crippen LogP contribution in [-0.4, -0.2) is 29.8 Å². The van der Waals surface area contributed by atoms with Crippen LogP contribution in [0.4, 0.5) is 5.69 Å². The first kappa shape index (κ1) is 13.3. The average Bonchev–Trinajstić information content (AvgIpc) is 2.65. The first-order chi connectivity index (χ1) is 8.95. The van der Waals surface area contributed by atoms with Gasteiger partial charge in [0.1, 0.15) is 5.92 Å². The number of carboxylic acid groups (broad SMARTS) is 1. The molecule has 0 aromatic heterocycles. The van der Waals surface area contributed by atoms with Gasteiger partial charge in [-0.3, -0.25) is 14.4 Å². The van der Waals surface area contributed by atoms with Crippen LogP contribution < -0.4 is 4.90 Å². The van der Waals surface area contributed by atoms with Gasteiger partial charge in [0, 0.05) is 18.3 Å². The van der Waals surface area contributed by atoms with Crippen LogP contribution in [0.1, 0.15) is 29.3 Å². The lowest BCUT2D eigenvalue weighted by Crippen LogP contribution is -2.23. The molecule has 0 bridgehead atoms. The maximum Gasteiger partial charge on any atom is 0.314 e. The first-order valence-electron chi connectivity index (χ1n) is 6.12. The minimum atomic E-state index is -1.11. The monoisotopic (exact) mass is 261 g/mol. The molecule has 0 spiro atoms. The highest BCUT2D eigenvalue weighted by atomic mass is 16.4. The van der Waals surface area contributed by atoms with E-state index in [9.17, 15) is 14.4 Å². The topological polar surface area (TPSA) is 74.7 Å². The Morgan fingerprint density at radius 1 is 1.42 bits per heavy atom. The molecule has 0 aliphatic carbocycles. The number of hydrogen-bond acceptors (Lipinski definition) is 3. The molecule has 2 rings (SSSR count). The van der Waals surface area contributed by atoms with Crippen molar-refractivity contribution in [2.45, 2.75) is 19.8 Å². The van der Waals surface area contributed by atoms with Crippen molar-refractivity contribution in [1.82, 2.24) is 0 Å². The highest BCUT2D eigenvalue weighted by molar-refractivity contribution is 6.09. The van der Waals surface area contributed by atoms with Gasteiger partial charge in [-0.05, 0) is 30.2 Å². The summed E-state index contributed by atoms with van der Waals surface area (Å²) in [4.78, 5) is 36.2. The maximum absolute atomic E-state index is 12.1. The van der Waals surface area contributed by atoms with Gasteiger partial charge in [0.05, 0.1) is 6.42 Å². The Hall–Kier alpha value is -2.17. The lowest BCUT2D eigenvalue weighted by molar-refractivity contribution is -0.140. The quantitative estimate of drug-likeness (QED) is 0.658. The second kappa shape index (κ2) is 4.84. The zero-order valence-electron chi connectivity index (χ0n) is 10.8. The fraction of sp³-hybridized carbons (Fsp3) is 0.357. The lowest BCUT2D eigenvalue weighted by atomic mass is 9.94.